The number of ether oxygens (including phenoxy) is 1. The molecule has 2 aliphatic heterocycles. The van der Waals surface area contributed by atoms with Crippen molar-refractivity contribution in [3.63, 3.8) is 0 Å². The average Bonchev–Trinajstić information content (AvgIpc) is 3.01. The molecule has 128 valence electrons. The van der Waals surface area contributed by atoms with Crippen molar-refractivity contribution in [1.82, 2.24) is 25.1 Å². The van der Waals surface area contributed by atoms with E-state index in [1.165, 1.54) is 18.2 Å². The Labute approximate surface area is 141 Å². The second-order valence-electron chi connectivity index (χ2n) is 6.78. The van der Waals surface area contributed by atoms with Crippen LogP contribution in [-0.2, 0) is 9.53 Å². The summed E-state index contributed by atoms with van der Waals surface area (Å²) in [7, 11) is 0. The molecule has 0 aromatic carbocycles. The quantitative estimate of drug-likeness (QED) is 0.776. The summed E-state index contributed by atoms with van der Waals surface area (Å²) in [4.78, 5) is 14.5. The Balaban J connectivity index is 1.56. The highest BCUT2D eigenvalue weighted by molar-refractivity contribution is 7.99. The van der Waals surface area contributed by atoms with Crippen LogP contribution in [0, 0.1) is 11.8 Å². The van der Waals surface area contributed by atoms with Crippen LogP contribution in [0.15, 0.2) is 5.16 Å². The Kier molecular flexibility index (Phi) is 5.53. The molecule has 23 heavy (non-hydrogen) atoms. The smallest absolute Gasteiger partial charge is 0.233 e. The molecule has 2 aliphatic rings. The summed E-state index contributed by atoms with van der Waals surface area (Å²) in [5, 5.41) is 12.7. The van der Waals surface area contributed by atoms with Gasteiger partial charge in [0.2, 0.25) is 11.1 Å². The Morgan fingerprint density at radius 3 is 2.65 bits per heavy atom. The van der Waals surface area contributed by atoms with Gasteiger partial charge < -0.3 is 9.64 Å². The number of tetrazole rings is 1. The molecule has 0 N–H and O–H groups in total. The third-order valence-electron chi connectivity index (χ3n) is 4.55. The standard InChI is InChI=1S/C15H25N5O2S/c1-11-7-12(2)9-19(8-11)14(21)10-23-15-16-17-18-20(15)13-3-5-22-6-4-13/h11-13H,3-10H2,1-2H3/t11-,12-/m0/s1. The zero-order chi connectivity index (χ0) is 16.2. The van der Waals surface area contributed by atoms with Gasteiger partial charge in [-0.1, -0.05) is 25.6 Å². The Morgan fingerprint density at radius 2 is 1.96 bits per heavy atom. The highest BCUT2D eigenvalue weighted by Gasteiger charge is 2.26. The summed E-state index contributed by atoms with van der Waals surface area (Å²) >= 11 is 1.45. The van der Waals surface area contributed by atoms with Crippen LogP contribution in [0.4, 0.5) is 0 Å². The number of hydrogen-bond donors (Lipinski definition) is 0. The van der Waals surface area contributed by atoms with Crippen molar-refractivity contribution < 1.29 is 9.53 Å². The minimum Gasteiger partial charge on any atom is -0.381 e. The largest absolute Gasteiger partial charge is 0.381 e. The lowest BCUT2D eigenvalue weighted by molar-refractivity contribution is -0.130. The van der Waals surface area contributed by atoms with Crippen molar-refractivity contribution in [3.05, 3.63) is 0 Å². The number of aromatic nitrogens is 4. The van der Waals surface area contributed by atoms with E-state index in [0.717, 1.165) is 44.3 Å². The van der Waals surface area contributed by atoms with Gasteiger partial charge >= 0.3 is 0 Å². The maximum Gasteiger partial charge on any atom is 0.233 e. The molecule has 0 bridgehead atoms. The van der Waals surface area contributed by atoms with Gasteiger partial charge in [-0.2, -0.15) is 0 Å². The zero-order valence-electron chi connectivity index (χ0n) is 13.8. The lowest BCUT2D eigenvalue weighted by Gasteiger charge is -2.35. The van der Waals surface area contributed by atoms with Crippen molar-refractivity contribution in [2.24, 2.45) is 11.8 Å². The fraction of sp³-hybridized carbons (Fsp3) is 0.867. The summed E-state index contributed by atoms with van der Waals surface area (Å²) in [6, 6.07) is 0.284. The van der Waals surface area contributed by atoms with E-state index in [0.29, 0.717) is 17.6 Å². The van der Waals surface area contributed by atoms with Crippen molar-refractivity contribution in [3.8, 4) is 0 Å². The second kappa shape index (κ2) is 7.61. The molecular formula is C15H25N5O2S. The Morgan fingerprint density at radius 1 is 1.26 bits per heavy atom. The van der Waals surface area contributed by atoms with Gasteiger partial charge in [-0.05, 0) is 41.5 Å². The number of amides is 1. The lowest BCUT2D eigenvalue weighted by Crippen LogP contribution is -2.43. The molecule has 1 aromatic rings. The summed E-state index contributed by atoms with van der Waals surface area (Å²) in [5.74, 6) is 1.76. The lowest BCUT2D eigenvalue weighted by atomic mass is 9.92. The van der Waals surface area contributed by atoms with Gasteiger partial charge in [0.1, 0.15) is 0 Å². The van der Waals surface area contributed by atoms with Crippen LogP contribution >= 0.6 is 11.8 Å². The molecule has 0 aliphatic carbocycles. The van der Waals surface area contributed by atoms with Gasteiger partial charge in [-0.15, -0.1) is 5.10 Å². The average molecular weight is 339 g/mol. The third-order valence-corrected chi connectivity index (χ3v) is 5.46. The van der Waals surface area contributed by atoms with E-state index in [1.54, 1.807) is 0 Å². The van der Waals surface area contributed by atoms with Gasteiger partial charge in [0, 0.05) is 26.3 Å². The number of thioether (sulfide) groups is 1. The molecule has 1 amide bonds. The number of piperidine rings is 1. The van der Waals surface area contributed by atoms with Crippen LogP contribution in [0.1, 0.15) is 39.2 Å². The first kappa shape index (κ1) is 16.7. The van der Waals surface area contributed by atoms with E-state index in [2.05, 4.69) is 29.4 Å². The maximum absolute atomic E-state index is 12.5. The van der Waals surface area contributed by atoms with Crippen LogP contribution in [-0.4, -0.2) is 63.1 Å². The van der Waals surface area contributed by atoms with E-state index < -0.39 is 0 Å². The molecule has 2 saturated heterocycles. The van der Waals surface area contributed by atoms with Crippen LogP contribution in [0.3, 0.4) is 0 Å². The fourth-order valence-electron chi connectivity index (χ4n) is 3.52. The van der Waals surface area contributed by atoms with Gasteiger partial charge in [0.05, 0.1) is 11.8 Å². The fourth-order valence-corrected chi connectivity index (χ4v) is 4.37. The highest BCUT2D eigenvalue weighted by Crippen LogP contribution is 2.26. The number of rotatable bonds is 4. The summed E-state index contributed by atoms with van der Waals surface area (Å²) in [6.07, 6.45) is 3.06. The molecule has 1 aromatic heterocycles. The molecular weight excluding hydrogens is 314 g/mol. The molecule has 8 heteroatoms. The molecule has 0 unspecified atom stereocenters. The Hall–Kier alpha value is -1.15. The van der Waals surface area contributed by atoms with Gasteiger partial charge in [-0.3, -0.25) is 4.79 Å². The van der Waals surface area contributed by atoms with Crippen molar-refractivity contribution in [2.75, 3.05) is 32.1 Å². The number of hydrogen-bond acceptors (Lipinski definition) is 6. The first-order valence-corrected chi connectivity index (χ1v) is 9.38. The van der Waals surface area contributed by atoms with Gasteiger partial charge in [-0.25, -0.2) is 4.68 Å². The monoisotopic (exact) mass is 339 g/mol. The third kappa shape index (κ3) is 4.23. The minimum atomic E-state index is 0.190. The van der Waals surface area contributed by atoms with Crippen molar-refractivity contribution in [1.29, 1.82) is 0 Å². The van der Waals surface area contributed by atoms with Crippen molar-refractivity contribution in [2.45, 2.75) is 44.3 Å². The van der Waals surface area contributed by atoms with Crippen LogP contribution in [0.25, 0.3) is 0 Å². The molecule has 0 radical (unpaired) electrons. The highest BCUT2D eigenvalue weighted by atomic mass is 32.2. The molecule has 3 rings (SSSR count). The summed E-state index contributed by atoms with van der Waals surface area (Å²) in [5.41, 5.74) is 0. The van der Waals surface area contributed by atoms with E-state index in [4.69, 9.17) is 4.74 Å². The predicted molar refractivity (Wildman–Crippen MR) is 87.2 cm³/mol. The molecule has 0 spiro atoms. The molecule has 3 heterocycles. The van der Waals surface area contributed by atoms with Gasteiger partial charge in [0.25, 0.3) is 0 Å². The topological polar surface area (TPSA) is 73.1 Å². The maximum atomic E-state index is 12.5. The normalized spacial score (nSPS) is 26.4. The minimum absolute atomic E-state index is 0.190. The van der Waals surface area contributed by atoms with Crippen molar-refractivity contribution >= 4 is 17.7 Å². The van der Waals surface area contributed by atoms with Crippen LogP contribution in [0.2, 0.25) is 0 Å². The van der Waals surface area contributed by atoms with Gasteiger partial charge in [0.15, 0.2) is 0 Å². The van der Waals surface area contributed by atoms with Crippen LogP contribution in [0.5, 0.6) is 0 Å². The predicted octanol–water partition coefficient (Wildman–Crippen LogP) is 1.62. The van der Waals surface area contributed by atoms with E-state index in [9.17, 15) is 4.79 Å². The molecule has 7 nitrogen and oxygen atoms in total. The molecule has 2 fully saturated rings. The molecule has 2 atom stereocenters. The number of carbonyl (C=O) groups is 1. The number of nitrogens with zero attached hydrogens (tertiary/aromatic N) is 5. The summed E-state index contributed by atoms with van der Waals surface area (Å²) in [6.45, 7) is 7.67. The second-order valence-corrected chi connectivity index (χ2v) is 7.73. The SMILES string of the molecule is C[C@H]1C[C@H](C)CN(C(=O)CSc2nnnn2C2CCOCC2)C1. The Bertz CT molecular complexity index is 522. The van der Waals surface area contributed by atoms with E-state index in [-0.39, 0.29) is 11.9 Å². The first-order valence-electron chi connectivity index (χ1n) is 8.39. The summed E-state index contributed by atoms with van der Waals surface area (Å²) < 4.78 is 7.25. The number of carbonyl (C=O) groups excluding carboxylic acids is 1. The van der Waals surface area contributed by atoms with E-state index in [1.807, 2.05) is 9.58 Å². The number of likely N-dealkylation sites (tertiary alicyclic amines) is 1. The first-order chi connectivity index (χ1) is 11.1. The van der Waals surface area contributed by atoms with E-state index >= 15 is 0 Å². The molecule has 0 saturated carbocycles. The zero-order valence-corrected chi connectivity index (χ0v) is 14.7. The van der Waals surface area contributed by atoms with Crippen LogP contribution < -0.4 is 0 Å².